The second-order valence-electron chi connectivity index (χ2n) is 5.15. The molecule has 3 nitrogen and oxygen atoms in total. The molecular weight excluding hydrogens is 301 g/mol. The summed E-state index contributed by atoms with van der Waals surface area (Å²) in [7, 11) is 0.679. The Labute approximate surface area is 132 Å². The highest BCUT2D eigenvalue weighted by Gasteiger charge is 2.11. The first-order valence-corrected chi connectivity index (χ1v) is 8.42. The van der Waals surface area contributed by atoms with Gasteiger partial charge in [-0.25, -0.2) is 4.39 Å². The van der Waals surface area contributed by atoms with E-state index >= 15 is 0 Å². The lowest BCUT2D eigenvalue weighted by atomic mass is 10.1. The van der Waals surface area contributed by atoms with Gasteiger partial charge in [0.2, 0.25) is 5.91 Å². The zero-order valence-corrected chi connectivity index (χ0v) is 13.4. The Morgan fingerprint density at radius 2 is 1.82 bits per heavy atom. The summed E-state index contributed by atoms with van der Waals surface area (Å²) < 4.78 is 24.5. The molecule has 2 aromatic carbocycles. The molecule has 0 radical (unpaired) electrons. The van der Waals surface area contributed by atoms with Gasteiger partial charge in [0, 0.05) is 35.5 Å². The van der Waals surface area contributed by atoms with E-state index in [1.54, 1.807) is 42.5 Å². The Bertz CT molecular complexity index is 685. The van der Waals surface area contributed by atoms with Gasteiger partial charge in [-0.05, 0) is 35.4 Å². The summed E-state index contributed by atoms with van der Waals surface area (Å²) in [5, 5.41) is 0. The number of carbonyl (C=O) groups excluding carboxylic acids is 1. The SMILES string of the molecule is CN(Cc1cccc(F)c1)C(=O)Cc1ccc([S@@](C)=O)cc1. The number of hydrogen-bond acceptors (Lipinski definition) is 2. The topological polar surface area (TPSA) is 37.4 Å². The summed E-state index contributed by atoms with van der Waals surface area (Å²) in [6.07, 6.45) is 1.88. The second-order valence-corrected chi connectivity index (χ2v) is 6.53. The molecule has 0 aliphatic carbocycles. The number of hydrogen-bond donors (Lipinski definition) is 0. The Morgan fingerprint density at radius 1 is 1.14 bits per heavy atom. The molecule has 0 N–H and O–H groups in total. The van der Waals surface area contributed by atoms with Crippen LogP contribution in [0, 0.1) is 5.82 Å². The molecule has 0 unspecified atom stereocenters. The van der Waals surface area contributed by atoms with E-state index in [0.717, 1.165) is 16.0 Å². The van der Waals surface area contributed by atoms with Crippen molar-refractivity contribution in [1.82, 2.24) is 4.90 Å². The predicted molar refractivity (Wildman–Crippen MR) is 85.4 cm³/mol. The maximum atomic E-state index is 13.1. The minimum Gasteiger partial charge on any atom is -0.341 e. The molecule has 0 aliphatic rings. The molecule has 0 aliphatic heterocycles. The van der Waals surface area contributed by atoms with Gasteiger partial charge in [0.25, 0.3) is 0 Å². The van der Waals surface area contributed by atoms with Crippen LogP contribution in [0.15, 0.2) is 53.4 Å². The van der Waals surface area contributed by atoms with Crippen LogP contribution in [0.4, 0.5) is 4.39 Å². The fraction of sp³-hybridized carbons (Fsp3) is 0.235. The number of nitrogens with zero attached hydrogens (tertiary/aromatic N) is 1. The minimum absolute atomic E-state index is 0.0466. The first-order valence-electron chi connectivity index (χ1n) is 6.86. The lowest BCUT2D eigenvalue weighted by Gasteiger charge is -2.17. The van der Waals surface area contributed by atoms with Crippen LogP contribution in [0.5, 0.6) is 0 Å². The van der Waals surface area contributed by atoms with Gasteiger partial charge in [0.15, 0.2) is 0 Å². The predicted octanol–water partition coefficient (Wildman–Crippen LogP) is 2.76. The zero-order valence-electron chi connectivity index (χ0n) is 12.6. The number of carbonyl (C=O) groups is 1. The average Bonchev–Trinajstić information content (AvgIpc) is 2.47. The first kappa shape index (κ1) is 16.4. The van der Waals surface area contributed by atoms with Gasteiger partial charge in [-0.3, -0.25) is 9.00 Å². The van der Waals surface area contributed by atoms with Crippen LogP contribution in [0.2, 0.25) is 0 Å². The summed E-state index contributed by atoms with van der Waals surface area (Å²) in [6, 6.07) is 13.4. The molecule has 22 heavy (non-hydrogen) atoms. The van der Waals surface area contributed by atoms with E-state index in [-0.39, 0.29) is 18.1 Å². The van der Waals surface area contributed by atoms with Crippen molar-refractivity contribution in [2.45, 2.75) is 17.9 Å². The smallest absolute Gasteiger partial charge is 0.227 e. The number of halogens is 1. The van der Waals surface area contributed by atoms with Crippen LogP contribution in [0.1, 0.15) is 11.1 Å². The van der Waals surface area contributed by atoms with E-state index in [0.29, 0.717) is 6.54 Å². The molecule has 1 amide bonds. The lowest BCUT2D eigenvalue weighted by Crippen LogP contribution is -2.27. The molecule has 0 bridgehead atoms. The maximum absolute atomic E-state index is 13.1. The molecule has 5 heteroatoms. The molecule has 0 heterocycles. The van der Waals surface area contributed by atoms with E-state index in [1.165, 1.54) is 12.1 Å². The minimum atomic E-state index is -1.02. The van der Waals surface area contributed by atoms with Gasteiger partial charge >= 0.3 is 0 Å². The van der Waals surface area contributed by atoms with Crippen molar-refractivity contribution in [2.75, 3.05) is 13.3 Å². The van der Waals surface area contributed by atoms with Crippen LogP contribution < -0.4 is 0 Å². The normalized spacial score (nSPS) is 12.0. The lowest BCUT2D eigenvalue weighted by molar-refractivity contribution is -0.129. The van der Waals surface area contributed by atoms with Crippen LogP contribution >= 0.6 is 0 Å². The fourth-order valence-electron chi connectivity index (χ4n) is 2.11. The van der Waals surface area contributed by atoms with Crippen molar-refractivity contribution < 1.29 is 13.4 Å². The molecule has 0 saturated carbocycles. The van der Waals surface area contributed by atoms with Gasteiger partial charge in [0.05, 0.1) is 6.42 Å². The van der Waals surface area contributed by atoms with Gasteiger partial charge in [0.1, 0.15) is 5.82 Å². The number of likely N-dealkylation sites (N-methyl/N-ethyl adjacent to an activating group) is 1. The summed E-state index contributed by atoms with van der Waals surface area (Å²) in [4.78, 5) is 14.5. The van der Waals surface area contributed by atoms with Crippen molar-refractivity contribution in [3.05, 3.63) is 65.5 Å². The fourth-order valence-corrected chi connectivity index (χ4v) is 2.63. The molecule has 0 fully saturated rings. The summed E-state index contributed by atoms with van der Waals surface area (Å²) in [6.45, 7) is 0.369. The third-order valence-corrected chi connectivity index (χ3v) is 4.28. The van der Waals surface area contributed by atoms with Crippen LogP contribution in [-0.2, 0) is 28.6 Å². The number of amides is 1. The Kier molecular flexibility index (Phi) is 5.44. The van der Waals surface area contributed by atoms with E-state index < -0.39 is 10.8 Å². The molecule has 1 atom stereocenters. The van der Waals surface area contributed by atoms with E-state index in [4.69, 9.17) is 0 Å². The van der Waals surface area contributed by atoms with Crippen LogP contribution in [-0.4, -0.2) is 28.3 Å². The van der Waals surface area contributed by atoms with E-state index in [2.05, 4.69) is 0 Å². The van der Waals surface area contributed by atoms with Crippen molar-refractivity contribution in [1.29, 1.82) is 0 Å². The van der Waals surface area contributed by atoms with E-state index in [9.17, 15) is 13.4 Å². The summed E-state index contributed by atoms with van der Waals surface area (Å²) in [5.74, 6) is -0.351. The van der Waals surface area contributed by atoms with Crippen molar-refractivity contribution in [3.63, 3.8) is 0 Å². The molecule has 2 rings (SSSR count). The summed E-state index contributed by atoms with van der Waals surface area (Å²) in [5.41, 5.74) is 1.62. The van der Waals surface area contributed by atoms with E-state index in [1.807, 2.05) is 12.1 Å². The molecule has 0 saturated heterocycles. The van der Waals surface area contributed by atoms with Crippen LogP contribution in [0.25, 0.3) is 0 Å². The quantitative estimate of drug-likeness (QED) is 0.850. The highest BCUT2D eigenvalue weighted by Crippen LogP contribution is 2.11. The highest BCUT2D eigenvalue weighted by molar-refractivity contribution is 7.84. The number of rotatable bonds is 5. The van der Waals surface area contributed by atoms with Gasteiger partial charge in [-0.1, -0.05) is 24.3 Å². The Morgan fingerprint density at radius 3 is 2.41 bits per heavy atom. The first-order chi connectivity index (χ1) is 10.5. The highest BCUT2D eigenvalue weighted by atomic mass is 32.2. The molecule has 116 valence electrons. The molecule has 0 aromatic heterocycles. The van der Waals surface area contributed by atoms with Crippen molar-refractivity contribution in [2.24, 2.45) is 0 Å². The third-order valence-electron chi connectivity index (χ3n) is 3.35. The van der Waals surface area contributed by atoms with Crippen molar-refractivity contribution >= 4 is 16.7 Å². The average molecular weight is 319 g/mol. The van der Waals surface area contributed by atoms with Crippen LogP contribution in [0.3, 0.4) is 0 Å². The van der Waals surface area contributed by atoms with Gasteiger partial charge in [-0.2, -0.15) is 0 Å². The molecular formula is C17H18FNO2S. The second kappa shape index (κ2) is 7.31. The Balaban J connectivity index is 1.97. The Hall–Kier alpha value is -2.01. The zero-order chi connectivity index (χ0) is 16.1. The standard InChI is InChI=1S/C17H18FNO2S/c1-19(12-14-4-3-5-15(18)10-14)17(20)11-13-6-8-16(9-7-13)22(2)21/h3-10H,11-12H2,1-2H3/t22-/m1/s1. The maximum Gasteiger partial charge on any atom is 0.227 e. The monoisotopic (exact) mass is 319 g/mol. The van der Waals surface area contributed by atoms with Gasteiger partial charge < -0.3 is 4.90 Å². The molecule has 2 aromatic rings. The third kappa shape index (κ3) is 4.49. The summed E-state index contributed by atoms with van der Waals surface area (Å²) >= 11 is 0. The van der Waals surface area contributed by atoms with Crippen molar-refractivity contribution in [3.8, 4) is 0 Å². The van der Waals surface area contributed by atoms with Gasteiger partial charge in [-0.15, -0.1) is 0 Å². The number of benzene rings is 2. The molecule has 0 spiro atoms. The largest absolute Gasteiger partial charge is 0.341 e.